The fraction of sp³-hybridized carbons (Fsp3) is 0.778. The molecule has 1 aliphatic heterocycles. The third-order valence-corrected chi connectivity index (χ3v) is 4.47. The van der Waals surface area contributed by atoms with E-state index < -0.39 is 33.9 Å². The minimum Gasteiger partial charge on any atom is -0.480 e. The Morgan fingerprint density at radius 2 is 2.17 bits per heavy atom. The highest BCUT2D eigenvalue weighted by atomic mass is 32.2. The van der Waals surface area contributed by atoms with Crippen molar-refractivity contribution in [1.29, 1.82) is 0 Å². The number of thioether (sulfide) groups is 1. The van der Waals surface area contributed by atoms with E-state index in [0.29, 0.717) is 11.6 Å². The number of carbonyl (C=O) groups excluding carboxylic acids is 1. The third-order valence-electron chi connectivity index (χ3n) is 2.35. The summed E-state index contributed by atoms with van der Waals surface area (Å²) in [6.07, 6.45) is 1.08. The van der Waals surface area contributed by atoms with E-state index in [1.807, 2.05) is 0 Å². The van der Waals surface area contributed by atoms with Crippen LogP contribution in [-0.4, -0.2) is 66.1 Å². The minimum atomic E-state index is -3.18. The van der Waals surface area contributed by atoms with Crippen LogP contribution in [0.2, 0.25) is 0 Å². The van der Waals surface area contributed by atoms with Gasteiger partial charge in [0, 0.05) is 18.1 Å². The van der Waals surface area contributed by atoms with Crippen LogP contribution < -0.4 is 5.32 Å². The van der Waals surface area contributed by atoms with Crippen molar-refractivity contribution in [2.45, 2.75) is 19.0 Å². The second kappa shape index (κ2) is 5.79. The van der Waals surface area contributed by atoms with Gasteiger partial charge in [-0.3, -0.25) is 0 Å². The maximum Gasteiger partial charge on any atom is 0.327 e. The zero-order chi connectivity index (χ0) is 13.9. The van der Waals surface area contributed by atoms with Crippen LogP contribution in [0.3, 0.4) is 0 Å². The Kier molecular flexibility index (Phi) is 4.85. The number of carbonyl (C=O) groups is 2. The van der Waals surface area contributed by atoms with Gasteiger partial charge in [0.25, 0.3) is 0 Å². The van der Waals surface area contributed by atoms with Crippen LogP contribution in [0.25, 0.3) is 0 Å². The number of carboxylic acids is 1. The number of aliphatic carboxylic acids is 1. The molecule has 1 aliphatic rings. The molecule has 1 rings (SSSR count). The van der Waals surface area contributed by atoms with E-state index in [1.165, 1.54) is 16.7 Å². The molecule has 2 atom stereocenters. The molecular weight excluding hydrogens is 280 g/mol. The van der Waals surface area contributed by atoms with E-state index in [-0.39, 0.29) is 5.75 Å². The molecule has 18 heavy (non-hydrogen) atoms. The van der Waals surface area contributed by atoms with Crippen molar-refractivity contribution in [2.75, 3.05) is 23.6 Å². The first-order chi connectivity index (χ1) is 8.20. The molecule has 1 unspecified atom stereocenters. The zero-order valence-electron chi connectivity index (χ0n) is 10.1. The first-order valence-corrected chi connectivity index (χ1v) is 8.47. The number of carboxylic acid groups (broad SMARTS) is 1. The van der Waals surface area contributed by atoms with Gasteiger partial charge in [-0.2, -0.15) is 0 Å². The lowest BCUT2D eigenvalue weighted by Gasteiger charge is -2.23. The molecular formula is C9H16N2O5S2. The Bertz CT molecular complexity index is 436. The van der Waals surface area contributed by atoms with E-state index in [4.69, 9.17) is 5.11 Å². The van der Waals surface area contributed by atoms with Gasteiger partial charge in [-0.25, -0.2) is 18.0 Å². The fourth-order valence-corrected chi connectivity index (χ4v) is 3.77. The Hall–Kier alpha value is -0.960. The quantitative estimate of drug-likeness (QED) is 0.731. The molecule has 1 heterocycles. The highest BCUT2D eigenvalue weighted by molar-refractivity contribution is 7.99. The molecule has 0 spiro atoms. The van der Waals surface area contributed by atoms with Crippen LogP contribution in [0, 0.1) is 0 Å². The summed E-state index contributed by atoms with van der Waals surface area (Å²) in [5.74, 6) is -0.569. The van der Waals surface area contributed by atoms with E-state index in [1.54, 1.807) is 6.92 Å². The molecule has 0 radical (unpaired) electrons. The normalized spacial score (nSPS) is 21.7. The molecule has 7 nitrogen and oxygen atoms in total. The lowest BCUT2D eigenvalue weighted by molar-refractivity contribution is -0.140. The number of rotatable bonds is 4. The number of hydrogen-bond acceptors (Lipinski definition) is 5. The smallest absolute Gasteiger partial charge is 0.327 e. The van der Waals surface area contributed by atoms with Gasteiger partial charge < -0.3 is 15.3 Å². The van der Waals surface area contributed by atoms with Crippen molar-refractivity contribution in [3.8, 4) is 0 Å². The van der Waals surface area contributed by atoms with Crippen molar-refractivity contribution in [3.63, 3.8) is 0 Å². The molecule has 1 fully saturated rings. The minimum absolute atomic E-state index is 0.169. The molecule has 104 valence electrons. The molecule has 9 heteroatoms. The first kappa shape index (κ1) is 15.1. The Morgan fingerprint density at radius 3 is 2.67 bits per heavy atom. The van der Waals surface area contributed by atoms with E-state index in [2.05, 4.69) is 5.32 Å². The molecule has 0 bridgehead atoms. The second-order valence-electron chi connectivity index (χ2n) is 4.27. The molecule has 1 saturated heterocycles. The topological polar surface area (TPSA) is 104 Å². The van der Waals surface area contributed by atoms with Crippen LogP contribution in [0.15, 0.2) is 0 Å². The van der Waals surface area contributed by atoms with Gasteiger partial charge in [-0.15, -0.1) is 11.8 Å². The van der Waals surface area contributed by atoms with E-state index in [0.717, 1.165) is 6.26 Å². The predicted molar refractivity (Wildman–Crippen MR) is 68.3 cm³/mol. The lowest BCUT2D eigenvalue weighted by Crippen LogP contribution is -2.50. The average Bonchev–Trinajstić information content (AvgIpc) is 2.61. The molecule has 0 aromatic heterocycles. The highest BCUT2D eigenvalue weighted by Gasteiger charge is 2.35. The average molecular weight is 296 g/mol. The van der Waals surface area contributed by atoms with Gasteiger partial charge in [0.1, 0.15) is 15.9 Å². The largest absolute Gasteiger partial charge is 0.480 e. The maximum atomic E-state index is 11.8. The van der Waals surface area contributed by atoms with Crippen molar-refractivity contribution in [1.82, 2.24) is 10.2 Å². The summed E-state index contributed by atoms with van der Waals surface area (Å²) in [6, 6.07) is -1.93. The van der Waals surface area contributed by atoms with Gasteiger partial charge in [-0.1, -0.05) is 0 Å². The summed E-state index contributed by atoms with van der Waals surface area (Å²) >= 11 is 1.35. The molecule has 0 saturated carbocycles. The first-order valence-electron chi connectivity index (χ1n) is 5.26. The molecule has 2 amide bonds. The fourth-order valence-electron chi connectivity index (χ4n) is 1.64. The van der Waals surface area contributed by atoms with Crippen LogP contribution in [0.5, 0.6) is 0 Å². The number of hydrogen-bond donors (Lipinski definition) is 2. The predicted octanol–water partition coefficient (Wildman–Crippen LogP) is -0.411. The van der Waals surface area contributed by atoms with Gasteiger partial charge in [0.15, 0.2) is 0 Å². The SMILES string of the molecule is CC(CS(C)(=O)=O)NC(=O)N1CSC[C@H]1C(=O)O. The van der Waals surface area contributed by atoms with Crippen LogP contribution >= 0.6 is 11.8 Å². The van der Waals surface area contributed by atoms with Gasteiger partial charge in [0.05, 0.1) is 11.6 Å². The molecule has 0 aromatic rings. The number of nitrogens with zero attached hydrogens (tertiary/aromatic N) is 1. The molecule has 2 N–H and O–H groups in total. The lowest BCUT2D eigenvalue weighted by atomic mass is 10.3. The summed E-state index contributed by atoms with van der Waals surface area (Å²) < 4.78 is 22.1. The van der Waals surface area contributed by atoms with Crippen LogP contribution in [0.1, 0.15) is 6.92 Å². The van der Waals surface area contributed by atoms with Crippen molar-refractivity contribution >= 4 is 33.6 Å². The second-order valence-corrected chi connectivity index (χ2v) is 7.45. The number of urea groups is 1. The summed E-state index contributed by atoms with van der Waals surface area (Å²) in [6.45, 7) is 1.57. The van der Waals surface area contributed by atoms with Crippen LogP contribution in [0.4, 0.5) is 4.79 Å². The van der Waals surface area contributed by atoms with Gasteiger partial charge >= 0.3 is 12.0 Å². The Labute approximate surface area is 110 Å². The molecule has 0 aromatic carbocycles. The van der Waals surface area contributed by atoms with Gasteiger partial charge in [0.2, 0.25) is 0 Å². The monoisotopic (exact) mass is 296 g/mol. The van der Waals surface area contributed by atoms with E-state index >= 15 is 0 Å². The third kappa shape index (κ3) is 4.37. The summed E-state index contributed by atoms with van der Waals surface area (Å²) in [5.41, 5.74) is 0. The molecule has 0 aliphatic carbocycles. The summed E-state index contributed by atoms with van der Waals surface area (Å²) in [4.78, 5) is 23.9. The van der Waals surface area contributed by atoms with Crippen molar-refractivity contribution in [3.05, 3.63) is 0 Å². The van der Waals surface area contributed by atoms with E-state index in [9.17, 15) is 18.0 Å². The van der Waals surface area contributed by atoms with Crippen molar-refractivity contribution < 1.29 is 23.1 Å². The summed E-state index contributed by atoms with van der Waals surface area (Å²) in [7, 11) is -3.18. The number of amides is 2. The Balaban J connectivity index is 2.57. The number of sulfone groups is 1. The summed E-state index contributed by atoms with van der Waals surface area (Å²) in [5, 5.41) is 11.4. The van der Waals surface area contributed by atoms with Gasteiger partial charge in [-0.05, 0) is 6.92 Å². The standard InChI is InChI=1S/C9H16N2O5S2/c1-6(4-18(2,15)16)10-9(14)11-5-17-3-7(11)8(12)13/h6-7H,3-5H2,1-2H3,(H,10,14)(H,12,13)/t6?,7-/m0/s1. The number of nitrogens with one attached hydrogen (secondary N) is 1. The van der Waals surface area contributed by atoms with Crippen molar-refractivity contribution in [2.24, 2.45) is 0 Å². The Morgan fingerprint density at radius 1 is 1.56 bits per heavy atom. The maximum absolute atomic E-state index is 11.8. The van der Waals surface area contributed by atoms with Crippen LogP contribution in [-0.2, 0) is 14.6 Å². The zero-order valence-corrected chi connectivity index (χ0v) is 11.8. The highest BCUT2D eigenvalue weighted by Crippen LogP contribution is 2.20.